The molecule has 0 spiro atoms. The minimum absolute atomic E-state index is 0.319. The van der Waals surface area contributed by atoms with Crippen molar-refractivity contribution in [3.8, 4) is 0 Å². The summed E-state index contributed by atoms with van der Waals surface area (Å²) in [6.07, 6.45) is 1.78. The second kappa shape index (κ2) is 7.34. The molecule has 0 bridgehead atoms. The van der Waals surface area contributed by atoms with Gasteiger partial charge in [-0.05, 0) is 44.7 Å². The number of hydrogen-bond acceptors (Lipinski definition) is 4. The number of hydrogen-bond donors (Lipinski definition) is 1. The van der Waals surface area contributed by atoms with Gasteiger partial charge in [-0.3, -0.25) is 0 Å². The summed E-state index contributed by atoms with van der Waals surface area (Å²) >= 11 is 0. The molecule has 17 heavy (non-hydrogen) atoms. The van der Waals surface area contributed by atoms with Crippen molar-refractivity contribution in [2.24, 2.45) is 11.8 Å². The van der Waals surface area contributed by atoms with E-state index in [-0.39, 0.29) is 0 Å². The SMILES string of the molecule is CCNCC(CCOCC)C1CCS(=O)(=O)C1. The molecule has 0 aromatic carbocycles. The molecule has 0 radical (unpaired) electrons. The third-order valence-electron chi connectivity index (χ3n) is 3.43. The first-order valence-corrected chi connectivity index (χ1v) is 8.40. The molecule has 5 heteroatoms. The zero-order chi connectivity index (χ0) is 12.7. The Bertz CT molecular complexity index is 303. The predicted molar refractivity (Wildman–Crippen MR) is 69.9 cm³/mol. The molecule has 1 aliphatic rings. The van der Waals surface area contributed by atoms with E-state index < -0.39 is 9.84 Å². The average molecular weight is 263 g/mol. The van der Waals surface area contributed by atoms with Gasteiger partial charge >= 0.3 is 0 Å². The average Bonchev–Trinajstić information content (AvgIpc) is 2.64. The number of rotatable bonds is 8. The largest absolute Gasteiger partial charge is 0.382 e. The van der Waals surface area contributed by atoms with E-state index in [0.29, 0.717) is 23.3 Å². The first-order valence-electron chi connectivity index (χ1n) is 6.58. The lowest BCUT2D eigenvalue weighted by Gasteiger charge is -2.22. The molecule has 1 rings (SSSR count). The van der Waals surface area contributed by atoms with Gasteiger partial charge in [-0.15, -0.1) is 0 Å². The highest BCUT2D eigenvalue weighted by Gasteiger charge is 2.33. The van der Waals surface area contributed by atoms with Crippen LogP contribution >= 0.6 is 0 Å². The van der Waals surface area contributed by atoms with Gasteiger partial charge in [0, 0.05) is 13.2 Å². The molecule has 1 fully saturated rings. The number of sulfone groups is 1. The zero-order valence-corrected chi connectivity index (χ0v) is 11.8. The second-order valence-corrected chi connectivity index (χ2v) is 6.95. The minimum atomic E-state index is -2.76. The van der Waals surface area contributed by atoms with Gasteiger partial charge in [-0.2, -0.15) is 0 Å². The maximum Gasteiger partial charge on any atom is 0.150 e. The molecule has 0 saturated carbocycles. The molecule has 0 aliphatic carbocycles. The standard InChI is InChI=1S/C12H25NO3S/c1-3-13-9-11(5-7-16-4-2)12-6-8-17(14,15)10-12/h11-13H,3-10H2,1-2H3. The second-order valence-electron chi connectivity index (χ2n) is 4.72. The topological polar surface area (TPSA) is 55.4 Å². The fourth-order valence-electron chi connectivity index (χ4n) is 2.41. The third kappa shape index (κ3) is 5.36. The number of nitrogens with one attached hydrogen (secondary N) is 1. The fourth-order valence-corrected chi connectivity index (χ4v) is 4.33. The zero-order valence-electron chi connectivity index (χ0n) is 10.9. The summed E-state index contributed by atoms with van der Waals surface area (Å²) < 4.78 is 28.4. The van der Waals surface area contributed by atoms with Crippen molar-refractivity contribution in [1.82, 2.24) is 5.32 Å². The Labute approximate surface area is 105 Å². The molecule has 0 amide bonds. The van der Waals surface area contributed by atoms with E-state index in [4.69, 9.17) is 4.74 Å². The molecule has 102 valence electrons. The molecule has 1 aliphatic heterocycles. The van der Waals surface area contributed by atoms with Crippen molar-refractivity contribution in [3.63, 3.8) is 0 Å². The van der Waals surface area contributed by atoms with Crippen molar-refractivity contribution in [3.05, 3.63) is 0 Å². The third-order valence-corrected chi connectivity index (χ3v) is 5.22. The van der Waals surface area contributed by atoms with Crippen molar-refractivity contribution in [2.45, 2.75) is 26.7 Å². The van der Waals surface area contributed by atoms with E-state index in [2.05, 4.69) is 12.2 Å². The predicted octanol–water partition coefficient (Wildman–Crippen LogP) is 1.07. The highest BCUT2D eigenvalue weighted by atomic mass is 32.2. The van der Waals surface area contributed by atoms with Gasteiger partial charge in [0.2, 0.25) is 0 Å². The van der Waals surface area contributed by atoms with E-state index in [0.717, 1.165) is 39.1 Å². The first kappa shape index (κ1) is 14.9. The molecule has 0 aromatic rings. The molecule has 2 atom stereocenters. The van der Waals surface area contributed by atoms with E-state index in [1.165, 1.54) is 0 Å². The Morgan fingerprint density at radius 1 is 1.41 bits per heavy atom. The summed E-state index contributed by atoms with van der Waals surface area (Å²) in [6, 6.07) is 0. The van der Waals surface area contributed by atoms with Gasteiger partial charge in [-0.1, -0.05) is 6.92 Å². The van der Waals surface area contributed by atoms with Gasteiger partial charge in [-0.25, -0.2) is 8.42 Å². The van der Waals surface area contributed by atoms with Crippen LogP contribution in [0, 0.1) is 11.8 Å². The van der Waals surface area contributed by atoms with Crippen LogP contribution in [0.25, 0.3) is 0 Å². The van der Waals surface area contributed by atoms with Crippen molar-refractivity contribution >= 4 is 9.84 Å². The van der Waals surface area contributed by atoms with Crippen LogP contribution in [0.3, 0.4) is 0 Å². The van der Waals surface area contributed by atoms with E-state index in [1.54, 1.807) is 0 Å². The van der Waals surface area contributed by atoms with Crippen LogP contribution in [0.15, 0.2) is 0 Å². The molecule has 4 nitrogen and oxygen atoms in total. The normalized spacial score (nSPS) is 24.9. The van der Waals surface area contributed by atoms with Crippen LogP contribution in [0.2, 0.25) is 0 Å². The maximum atomic E-state index is 11.5. The van der Waals surface area contributed by atoms with Gasteiger partial charge in [0.1, 0.15) is 0 Å². The summed E-state index contributed by atoms with van der Waals surface area (Å²) in [6.45, 7) is 7.37. The lowest BCUT2D eigenvalue weighted by molar-refractivity contribution is 0.122. The molecule has 1 N–H and O–H groups in total. The van der Waals surface area contributed by atoms with E-state index in [1.807, 2.05) is 6.92 Å². The molecule has 1 heterocycles. The summed E-state index contributed by atoms with van der Waals surface area (Å²) in [7, 11) is -2.76. The van der Waals surface area contributed by atoms with Crippen molar-refractivity contribution in [1.29, 1.82) is 0 Å². The van der Waals surface area contributed by atoms with Gasteiger partial charge in [0.05, 0.1) is 11.5 Å². The lowest BCUT2D eigenvalue weighted by atomic mass is 9.89. The quantitative estimate of drug-likeness (QED) is 0.666. The van der Waals surface area contributed by atoms with Crippen LogP contribution in [0.5, 0.6) is 0 Å². The molecule has 0 aromatic heterocycles. The van der Waals surface area contributed by atoms with Gasteiger partial charge < -0.3 is 10.1 Å². The molecule has 2 unspecified atom stereocenters. The van der Waals surface area contributed by atoms with Crippen LogP contribution < -0.4 is 5.32 Å². The lowest BCUT2D eigenvalue weighted by Crippen LogP contribution is -2.30. The Hall–Kier alpha value is -0.130. The van der Waals surface area contributed by atoms with Gasteiger partial charge in [0.15, 0.2) is 9.84 Å². The Morgan fingerprint density at radius 3 is 2.71 bits per heavy atom. The van der Waals surface area contributed by atoms with Crippen molar-refractivity contribution in [2.75, 3.05) is 37.8 Å². The van der Waals surface area contributed by atoms with Crippen LogP contribution in [0.4, 0.5) is 0 Å². The Balaban J connectivity index is 2.44. The Kier molecular flexibility index (Phi) is 6.44. The summed E-state index contributed by atoms with van der Waals surface area (Å²) in [5.41, 5.74) is 0. The van der Waals surface area contributed by atoms with Crippen LogP contribution in [-0.2, 0) is 14.6 Å². The maximum absolute atomic E-state index is 11.5. The Morgan fingerprint density at radius 2 is 2.18 bits per heavy atom. The molecule has 1 saturated heterocycles. The molecular weight excluding hydrogens is 238 g/mol. The van der Waals surface area contributed by atoms with Crippen LogP contribution in [-0.4, -0.2) is 46.2 Å². The summed E-state index contributed by atoms with van der Waals surface area (Å²) in [5, 5.41) is 3.33. The smallest absolute Gasteiger partial charge is 0.150 e. The van der Waals surface area contributed by atoms with Gasteiger partial charge in [0.25, 0.3) is 0 Å². The van der Waals surface area contributed by atoms with Crippen LogP contribution in [0.1, 0.15) is 26.7 Å². The highest BCUT2D eigenvalue weighted by molar-refractivity contribution is 7.91. The van der Waals surface area contributed by atoms with E-state index in [9.17, 15) is 8.42 Å². The molecular formula is C12H25NO3S. The van der Waals surface area contributed by atoms with Crippen molar-refractivity contribution < 1.29 is 13.2 Å². The highest BCUT2D eigenvalue weighted by Crippen LogP contribution is 2.27. The summed E-state index contributed by atoms with van der Waals surface area (Å²) in [4.78, 5) is 0. The van der Waals surface area contributed by atoms with E-state index >= 15 is 0 Å². The minimum Gasteiger partial charge on any atom is -0.382 e. The summed E-state index contributed by atoms with van der Waals surface area (Å²) in [5.74, 6) is 1.49. The number of ether oxygens (including phenoxy) is 1. The first-order chi connectivity index (χ1) is 8.09. The monoisotopic (exact) mass is 263 g/mol. The fraction of sp³-hybridized carbons (Fsp3) is 1.00.